The maximum Gasteiger partial charge on any atom is 0.213 e. The van der Waals surface area contributed by atoms with Gasteiger partial charge in [-0.1, -0.05) is 0 Å². The van der Waals surface area contributed by atoms with E-state index in [-0.39, 0.29) is 5.88 Å². The Hall–Kier alpha value is -0.610. The van der Waals surface area contributed by atoms with Gasteiger partial charge in [0.1, 0.15) is 6.08 Å². The van der Waals surface area contributed by atoms with E-state index in [4.69, 9.17) is 11.6 Å². The quantitative estimate of drug-likeness (QED) is 0.834. The van der Waals surface area contributed by atoms with Gasteiger partial charge in [0.2, 0.25) is 5.88 Å². The number of hydrogen-bond donors (Lipinski definition) is 1. The van der Waals surface area contributed by atoms with Crippen LogP contribution < -0.4 is 10.1 Å². The molecule has 0 bridgehead atoms. The molecular formula is C8H9BrN2O. The van der Waals surface area contributed by atoms with Crippen LogP contribution in [-0.2, 0) is 0 Å². The van der Waals surface area contributed by atoms with Gasteiger partial charge in [-0.2, -0.15) is 0 Å². The van der Waals surface area contributed by atoms with Gasteiger partial charge in [-0.3, -0.25) is 0 Å². The number of ether oxygens (including phenoxy) is 1. The Labute approximate surface area is 86.3 Å². The van der Waals surface area contributed by atoms with Gasteiger partial charge in [0.15, 0.2) is 0 Å². The van der Waals surface area contributed by atoms with E-state index in [9.17, 15) is 0 Å². The summed E-state index contributed by atoms with van der Waals surface area (Å²) in [6, 6.07) is 3.05. The summed E-state index contributed by atoms with van der Waals surface area (Å²) in [5.74, 6) is -0.00236. The van der Waals surface area contributed by atoms with Crippen molar-refractivity contribution >= 4 is 15.9 Å². The Morgan fingerprint density at radius 2 is 2.58 bits per heavy atom. The molecule has 0 unspecified atom stereocenters. The third kappa shape index (κ3) is 1.76. The fourth-order valence-electron chi connectivity index (χ4n) is 0.692. The van der Waals surface area contributed by atoms with Crippen molar-refractivity contribution in [2.75, 3.05) is 13.0 Å². The highest BCUT2D eigenvalue weighted by atomic mass is 79.9. The lowest BCUT2D eigenvalue weighted by molar-refractivity contribution is 0.136. The first-order chi connectivity index (χ1) is 7.68. The number of aromatic nitrogens is 1. The predicted molar refractivity (Wildman–Crippen MR) is 49.2 cm³/mol. The van der Waals surface area contributed by atoms with Gasteiger partial charge < -0.3 is 10.1 Å². The fraction of sp³-hybridized carbons (Fsp3) is 0.375. The van der Waals surface area contributed by atoms with E-state index in [1.54, 1.807) is 6.07 Å². The summed E-state index contributed by atoms with van der Waals surface area (Å²) in [4.78, 5) is 3.83. The molecule has 2 heterocycles. The molecule has 1 aliphatic rings. The molecule has 1 aromatic rings. The molecule has 1 aromatic heterocycles. The molecule has 0 spiro atoms. The van der Waals surface area contributed by atoms with E-state index in [0.29, 0.717) is 4.47 Å². The average molecular weight is 234 g/mol. The number of hydrogen-bond acceptors (Lipinski definition) is 3. The first-order valence-corrected chi connectivity index (χ1v) is 4.07. The lowest BCUT2D eigenvalue weighted by Gasteiger charge is -2.27. The standard InChI is InChI=1S/C8H9BrN2O/c9-6-1-2-8(11-3-6)12-7-4-10-5-7/h1-3,7,10H,4-5H2/i4D2,5D2,7D. The van der Waals surface area contributed by atoms with E-state index in [2.05, 4.69) is 20.9 Å². The zero-order valence-electron chi connectivity index (χ0n) is 11.0. The number of halogens is 1. The molecule has 1 N–H and O–H groups in total. The van der Waals surface area contributed by atoms with Gasteiger partial charge >= 0.3 is 0 Å². The third-order valence-electron chi connectivity index (χ3n) is 1.26. The van der Waals surface area contributed by atoms with Gasteiger partial charge in [-0.05, 0) is 22.0 Å². The Morgan fingerprint density at radius 3 is 3.17 bits per heavy atom. The second-order valence-electron chi connectivity index (χ2n) is 2.12. The summed E-state index contributed by atoms with van der Waals surface area (Å²) in [5, 5.41) is 2.00. The minimum absolute atomic E-state index is 0.00236. The van der Waals surface area contributed by atoms with Gasteiger partial charge in [-0.25, -0.2) is 4.98 Å². The van der Waals surface area contributed by atoms with Crippen LogP contribution in [0.4, 0.5) is 0 Å². The molecule has 3 nitrogen and oxygen atoms in total. The molecule has 0 amide bonds. The summed E-state index contributed by atoms with van der Waals surface area (Å²) in [5.41, 5.74) is 0. The molecule has 2 rings (SSSR count). The van der Waals surface area contributed by atoms with E-state index < -0.39 is 19.1 Å². The third-order valence-corrected chi connectivity index (χ3v) is 1.73. The zero-order valence-corrected chi connectivity index (χ0v) is 7.55. The highest BCUT2D eigenvalue weighted by Gasteiger charge is 2.18. The van der Waals surface area contributed by atoms with Crippen molar-refractivity contribution in [3.8, 4) is 5.88 Å². The largest absolute Gasteiger partial charge is 0.472 e. The van der Waals surface area contributed by atoms with Gasteiger partial charge in [0, 0.05) is 35.2 Å². The van der Waals surface area contributed by atoms with Gasteiger partial charge in [0.05, 0.1) is 1.37 Å². The van der Waals surface area contributed by atoms with Crippen LogP contribution >= 0.6 is 15.9 Å². The van der Waals surface area contributed by atoms with Crippen LogP contribution in [0.25, 0.3) is 0 Å². The Bertz CT molecular complexity index is 424. The Kier molecular flexibility index (Phi) is 1.16. The smallest absolute Gasteiger partial charge is 0.213 e. The fourth-order valence-corrected chi connectivity index (χ4v) is 0.926. The van der Waals surface area contributed by atoms with E-state index >= 15 is 0 Å². The molecule has 64 valence electrons. The Balaban J connectivity index is 2.25. The lowest BCUT2D eigenvalue weighted by Crippen LogP contribution is -2.50. The molecule has 1 saturated heterocycles. The number of pyridine rings is 1. The van der Waals surface area contributed by atoms with Crippen LogP contribution in [0.1, 0.15) is 6.85 Å². The summed E-state index contributed by atoms with van der Waals surface area (Å²) in [6.45, 7) is -4.55. The Morgan fingerprint density at radius 1 is 1.75 bits per heavy atom. The van der Waals surface area contributed by atoms with Crippen molar-refractivity contribution in [1.82, 2.24) is 10.3 Å². The molecule has 0 saturated carbocycles. The first-order valence-electron chi connectivity index (χ1n) is 5.78. The normalized spacial score (nSPS) is 34.2. The minimum atomic E-state index is -2.36. The summed E-state index contributed by atoms with van der Waals surface area (Å²) in [7, 11) is 0. The van der Waals surface area contributed by atoms with E-state index in [0.717, 1.165) is 0 Å². The van der Waals surface area contributed by atoms with Crippen LogP contribution in [0.2, 0.25) is 0 Å². The van der Waals surface area contributed by atoms with Crippen molar-refractivity contribution in [2.45, 2.75) is 6.08 Å². The molecule has 0 aliphatic carbocycles. The highest BCUT2D eigenvalue weighted by Crippen LogP contribution is 2.14. The number of rotatable bonds is 2. The molecular weight excluding hydrogens is 220 g/mol. The van der Waals surface area contributed by atoms with Crippen molar-refractivity contribution < 1.29 is 11.6 Å². The van der Waals surface area contributed by atoms with Crippen LogP contribution in [0.5, 0.6) is 5.88 Å². The van der Waals surface area contributed by atoms with E-state index in [1.165, 1.54) is 12.3 Å². The topological polar surface area (TPSA) is 34.1 Å². The highest BCUT2D eigenvalue weighted by molar-refractivity contribution is 9.10. The molecule has 12 heavy (non-hydrogen) atoms. The molecule has 1 aliphatic heterocycles. The summed E-state index contributed by atoms with van der Waals surface area (Å²) in [6.07, 6.45) is -0.934. The molecule has 0 aromatic carbocycles. The van der Waals surface area contributed by atoms with Crippen LogP contribution in [-0.4, -0.2) is 24.1 Å². The molecule has 4 heteroatoms. The van der Waals surface area contributed by atoms with Crippen molar-refractivity contribution in [3.05, 3.63) is 22.8 Å². The molecule has 0 radical (unpaired) electrons. The van der Waals surface area contributed by atoms with Gasteiger partial charge in [-0.15, -0.1) is 0 Å². The van der Waals surface area contributed by atoms with Gasteiger partial charge in [0.25, 0.3) is 0 Å². The molecule has 0 atom stereocenters. The summed E-state index contributed by atoms with van der Waals surface area (Å²) < 4.78 is 43.3. The van der Waals surface area contributed by atoms with Crippen LogP contribution in [0.3, 0.4) is 0 Å². The number of nitrogens with zero attached hydrogens (tertiary/aromatic N) is 1. The van der Waals surface area contributed by atoms with Crippen molar-refractivity contribution in [2.24, 2.45) is 0 Å². The van der Waals surface area contributed by atoms with Crippen LogP contribution in [0, 0.1) is 0 Å². The SMILES string of the molecule is [2H]C1([2H])NC([2H])([2H])C1([2H])Oc1ccc(Br)cn1. The monoisotopic (exact) mass is 233 g/mol. The van der Waals surface area contributed by atoms with Crippen molar-refractivity contribution in [1.29, 1.82) is 0 Å². The first kappa shape index (κ1) is 4.07. The minimum Gasteiger partial charge on any atom is -0.472 e. The van der Waals surface area contributed by atoms with Crippen molar-refractivity contribution in [3.63, 3.8) is 0 Å². The maximum absolute atomic E-state index is 7.77. The lowest BCUT2D eigenvalue weighted by atomic mass is 10.2. The second-order valence-corrected chi connectivity index (χ2v) is 3.04. The molecule has 1 fully saturated rings. The van der Waals surface area contributed by atoms with Crippen LogP contribution in [0.15, 0.2) is 22.8 Å². The van der Waals surface area contributed by atoms with E-state index in [1.807, 2.05) is 5.32 Å². The second kappa shape index (κ2) is 3.41. The zero-order chi connectivity index (χ0) is 12.9. The average Bonchev–Trinajstić information content (AvgIpc) is 2.19. The predicted octanol–water partition coefficient (Wildman–Crippen LogP) is 1.19. The summed E-state index contributed by atoms with van der Waals surface area (Å²) >= 11 is 3.18. The maximum atomic E-state index is 7.77. The number of nitrogens with one attached hydrogen (secondary N) is 1.